The zero-order valence-corrected chi connectivity index (χ0v) is 7.86. The largest absolute Gasteiger partial charge is 0.450 e. The third kappa shape index (κ3) is 1.56. The Morgan fingerprint density at radius 1 is 1.50 bits per heavy atom. The highest BCUT2D eigenvalue weighted by Gasteiger charge is 2.06. The van der Waals surface area contributed by atoms with Gasteiger partial charge in [-0.25, -0.2) is 0 Å². The first-order valence-corrected chi connectivity index (χ1v) is 4.46. The number of oxazole rings is 1. The van der Waals surface area contributed by atoms with Gasteiger partial charge in [-0.15, -0.1) is 0 Å². The lowest BCUT2D eigenvalue weighted by Gasteiger charge is -1.92. The fraction of sp³-hybridized carbons (Fsp3) is 0.300. The van der Waals surface area contributed by atoms with Crippen LogP contribution in [0.4, 0.5) is 0 Å². The second-order valence-corrected chi connectivity index (χ2v) is 2.87. The number of rotatable bonds is 3. The van der Waals surface area contributed by atoms with Gasteiger partial charge in [0.1, 0.15) is 5.52 Å². The van der Waals surface area contributed by atoms with E-state index in [1.165, 1.54) is 0 Å². The molecular formula is C10H11NO3. The third-order valence-corrected chi connectivity index (χ3v) is 1.88. The fourth-order valence-electron chi connectivity index (χ4n) is 1.23. The molecule has 0 bridgehead atoms. The lowest BCUT2D eigenvalue weighted by molar-refractivity contribution is 0.251. The van der Waals surface area contributed by atoms with Crippen LogP contribution in [0.15, 0.2) is 22.6 Å². The summed E-state index contributed by atoms with van der Waals surface area (Å²) in [4.78, 5) is 4.11. The minimum atomic E-state index is 0.000603. The fourth-order valence-corrected chi connectivity index (χ4v) is 1.23. The molecule has 2 aromatic rings. The molecule has 1 aromatic carbocycles. The molecule has 0 amide bonds. The van der Waals surface area contributed by atoms with E-state index in [0.717, 1.165) is 11.1 Å². The van der Waals surface area contributed by atoms with Gasteiger partial charge in [-0.3, -0.25) is 0 Å². The topological polar surface area (TPSA) is 55.5 Å². The molecule has 0 fully saturated rings. The minimum Gasteiger partial charge on any atom is -0.450 e. The van der Waals surface area contributed by atoms with Crippen molar-refractivity contribution < 1.29 is 14.3 Å². The summed E-state index contributed by atoms with van der Waals surface area (Å²) in [5.74, 6) is 0. The van der Waals surface area contributed by atoms with Crippen LogP contribution in [0.2, 0.25) is 0 Å². The molecular weight excluding hydrogens is 182 g/mol. The summed E-state index contributed by atoms with van der Waals surface area (Å²) in [6, 6.07) is 5.36. The molecule has 0 aliphatic rings. The van der Waals surface area contributed by atoms with Gasteiger partial charge in [0.05, 0.1) is 13.2 Å². The first-order chi connectivity index (χ1) is 6.83. The minimum absolute atomic E-state index is 0.000603. The average molecular weight is 193 g/mol. The van der Waals surface area contributed by atoms with Crippen LogP contribution in [0.5, 0.6) is 6.08 Å². The molecule has 0 unspecified atom stereocenters. The van der Waals surface area contributed by atoms with E-state index < -0.39 is 0 Å². The van der Waals surface area contributed by atoms with Gasteiger partial charge in [-0.2, -0.15) is 4.98 Å². The van der Waals surface area contributed by atoms with Gasteiger partial charge in [0, 0.05) is 0 Å². The molecule has 14 heavy (non-hydrogen) atoms. The van der Waals surface area contributed by atoms with Crippen LogP contribution in [0.1, 0.15) is 12.5 Å². The molecule has 0 atom stereocenters. The Kier molecular flexibility index (Phi) is 2.37. The van der Waals surface area contributed by atoms with Crippen molar-refractivity contribution in [2.45, 2.75) is 13.5 Å². The van der Waals surface area contributed by atoms with Crippen LogP contribution < -0.4 is 4.74 Å². The van der Waals surface area contributed by atoms with Crippen molar-refractivity contribution in [1.29, 1.82) is 0 Å². The quantitative estimate of drug-likeness (QED) is 0.806. The predicted octanol–water partition coefficient (Wildman–Crippen LogP) is 1.72. The average Bonchev–Trinajstić information content (AvgIpc) is 2.59. The summed E-state index contributed by atoms with van der Waals surface area (Å²) in [5.41, 5.74) is 2.18. The maximum atomic E-state index is 8.91. The highest BCUT2D eigenvalue weighted by Crippen LogP contribution is 2.21. The highest BCUT2D eigenvalue weighted by atomic mass is 16.6. The predicted molar refractivity (Wildman–Crippen MR) is 51.1 cm³/mol. The number of aliphatic hydroxyl groups excluding tert-OH is 1. The number of hydrogen-bond donors (Lipinski definition) is 1. The van der Waals surface area contributed by atoms with E-state index in [4.69, 9.17) is 14.3 Å². The number of aromatic nitrogens is 1. The molecule has 2 rings (SSSR count). The summed E-state index contributed by atoms with van der Waals surface area (Å²) in [6.07, 6.45) is 0.276. The molecule has 0 saturated heterocycles. The van der Waals surface area contributed by atoms with Gasteiger partial charge in [0.2, 0.25) is 0 Å². The molecule has 0 spiro atoms. The number of nitrogens with zero attached hydrogens (tertiary/aromatic N) is 1. The first kappa shape index (κ1) is 9.02. The molecule has 0 saturated carbocycles. The number of hydrogen-bond acceptors (Lipinski definition) is 4. The van der Waals surface area contributed by atoms with Gasteiger partial charge in [-0.1, -0.05) is 6.07 Å². The number of aliphatic hydroxyl groups is 1. The maximum Gasteiger partial charge on any atom is 0.394 e. The molecule has 0 aliphatic carbocycles. The van der Waals surface area contributed by atoms with Crippen molar-refractivity contribution in [1.82, 2.24) is 4.98 Å². The van der Waals surface area contributed by atoms with Crippen molar-refractivity contribution in [3.8, 4) is 6.08 Å². The molecule has 1 aromatic heterocycles. The molecule has 1 N–H and O–H groups in total. The highest BCUT2D eigenvalue weighted by molar-refractivity contribution is 5.73. The van der Waals surface area contributed by atoms with E-state index >= 15 is 0 Å². The van der Waals surface area contributed by atoms with E-state index in [-0.39, 0.29) is 12.7 Å². The van der Waals surface area contributed by atoms with Crippen LogP contribution in [0.25, 0.3) is 11.1 Å². The van der Waals surface area contributed by atoms with Gasteiger partial charge in [-0.05, 0) is 24.6 Å². The van der Waals surface area contributed by atoms with Crippen LogP contribution in [0.3, 0.4) is 0 Å². The Balaban J connectivity index is 2.43. The summed E-state index contributed by atoms with van der Waals surface area (Å²) >= 11 is 0. The van der Waals surface area contributed by atoms with Crippen LogP contribution >= 0.6 is 0 Å². The van der Waals surface area contributed by atoms with Crippen LogP contribution in [0, 0.1) is 0 Å². The first-order valence-electron chi connectivity index (χ1n) is 4.46. The summed E-state index contributed by atoms with van der Waals surface area (Å²) in [6.45, 7) is 2.40. The monoisotopic (exact) mass is 193 g/mol. The molecule has 4 nitrogen and oxygen atoms in total. The Morgan fingerprint density at radius 2 is 2.36 bits per heavy atom. The number of ether oxygens (including phenoxy) is 1. The van der Waals surface area contributed by atoms with E-state index in [2.05, 4.69) is 4.98 Å². The SMILES string of the molecule is CCOc1nc2ccc(CO)cc2o1. The van der Waals surface area contributed by atoms with E-state index in [0.29, 0.717) is 12.2 Å². The lowest BCUT2D eigenvalue weighted by atomic mass is 10.2. The summed E-state index contributed by atoms with van der Waals surface area (Å²) < 4.78 is 10.4. The Bertz CT molecular complexity index is 436. The van der Waals surface area contributed by atoms with Crippen molar-refractivity contribution in [2.75, 3.05) is 6.61 Å². The van der Waals surface area contributed by atoms with Crippen LogP contribution in [-0.4, -0.2) is 16.7 Å². The van der Waals surface area contributed by atoms with Crippen molar-refractivity contribution in [2.24, 2.45) is 0 Å². The Hall–Kier alpha value is -1.55. The van der Waals surface area contributed by atoms with Gasteiger partial charge < -0.3 is 14.3 Å². The van der Waals surface area contributed by atoms with E-state index in [1.807, 2.05) is 6.92 Å². The summed E-state index contributed by atoms with van der Waals surface area (Å²) in [7, 11) is 0. The molecule has 1 heterocycles. The standard InChI is InChI=1S/C10H11NO3/c1-2-13-10-11-8-4-3-7(6-12)5-9(8)14-10/h3-5,12H,2,6H2,1H3. The van der Waals surface area contributed by atoms with Crippen molar-refractivity contribution in [3.05, 3.63) is 23.8 Å². The maximum absolute atomic E-state index is 8.91. The second-order valence-electron chi connectivity index (χ2n) is 2.87. The lowest BCUT2D eigenvalue weighted by Crippen LogP contribution is -1.89. The van der Waals surface area contributed by atoms with Gasteiger partial charge in [0.25, 0.3) is 0 Å². The van der Waals surface area contributed by atoms with Crippen molar-refractivity contribution in [3.63, 3.8) is 0 Å². The molecule has 0 radical (unpaired) electrons. The van der Waals surface area contributed by atoms with E-state index in [1.54, 1.807) is 18.2 Å². The Labute approximate surface area is 81.1 Å². The zero-order valence-electron chi connectivity index (χ0n) is 7.86. The zero-order chi connectivity index (χ0) is 9.97. The van der Waals surface area contributed by atoms with Crippen molar-refractivity contribution >= 4 is 11.1 Å². The number of benzene rings is 1. The number of fused-ring (bicyclic) bond motifs is 1. The molecule has 4 heteroatoms. The van der Waals surface area contributed by atoms with Crippen LogP contribution in [-0.2, 0) is 6.61 Å². The second kappa shape index (κ2) is 3.67. The smallest absolute Gasteiger partial charge is 0.394 e. The third-order valence-electron chi connectivity index (χ3n) is 1.88. The normalized spacial score (nSPS) is 10.7. The van der Waals surface area contributed by atoms with Gasteiger partial charge >= 0.3 is 6.08 Å². The molecule has 74 valence electrons. The van der Waals surface area contributed by atoms with E-state index in [9.17, 15) is 0 Å². The summed E-state index contributed by atoms with van der Waals surface area (Å²) in [5, 5.41) is 8.91. The Morgan fingerprint density at radius 3 is 3.07 bits per heavy atom. The van der Waals surface area contributed by atoms with Gasteiger partial charge in [0.15, 0.2) is 5.58 Å². The molecule has 0 aliphatic heterocycles.